The van der Waals surface area contributed by atoms with Crippen LogP contribution in [0, 0.1) is 6.92 Å². The summed E-state index contributed by atoms with van der Waals surface area (Å²) in [6, 6.07) is 7.98. The Morgan fingerprint density at radius 2 is 2.19 bits per heavy atom. The average Bonchev–Trinajstić information content (AvgIpc) is 3.27. The number of amides is 1. The van der Waals surface area contributed by atoms with E-state index in [4.69, 9.17) is 4.74 Å². The number of hydrogen-bond donors (Lipinski definition) is 1. The number of fused-ring (bicyclic) bond motifs is 1. The minimum absolute atomic E-state index is 0.00501. The van der Waals surface area contributed by atoms with Crippen molar-refractivity contribution in [1.29, 1.82) is 0 Å². The first-order valence-electron chi connectivity index (χ1n) is 9.14. The van der Waals surface area contributed by atoms with Gasteiger partial charge < -0.3 is 14.6 Å². The molecule has 1 N–H and O–H groups in total. The van der Waals surface area contributed by atoms with Crippen LogP contribution in [0.3, 0.4) is 0 Å². The number of para-hydroxylation sites is 1. The number of benzene rings is 1. The van der Waals surface area contributed by atoms with Gasteiger partial charge in [-0.1, -0.05) is 18.2 Å². The molecule has 3 heterocycles. The van der Waals surface area contributed by atoms with Gasteiger partial charge in [0.1, 0.15) is 11.6 Å². The lowest BCUT2D eigenvalue weighted by Crippen LogP contribution is -2.25. The fraction of sp³-hybridized carbons (Fsp3) is 0.350. The van der Waals surface area contributed by atoms with E-state index in [1.165, 1.54) is 0 Å². The molecule has 1 aliphatic heterocycles. The molecule has 0 radical (unpaired) electrons. The molecule has 4 rings (SSSR count). The van der Waals surface area contributed by atoms with Gasteiger partial charge in [0.15, 0.2) is 0 Å². The molecule has 7 heteroatoms. The summed E-state index contributed by atoms with van der Waals surface area (Å²) >= 11 is 0. The average molecular weight is 365 g/mol. The van der Waals surface area contributed by atoms with E-state index in [-0.39, 0.29) is 11.8 Å². The van der Waals surface area contributed by atoms with Crippen molar-refractivity contribution in [2.75, 3.05) is 11.9 Å². The van der Waals surface area contributed by atoms with Crippen LogP contribution in [-0.4, -0.2) is 31.8 Å². The van der Waals surface area contributed by atoms with Gasteiger partial charge in [-0.2, -0.15) is 5.10 Å². The molecule has 0 spiro atoms. The monoisotopic (exact) mass is 365 g/mol. The molecule has 140 valence electrons. The zero-order valence-corrected chi connectivity index (χ0v) is 15.6. The quantitative estimate of drug-likeness (QED) is 0.682. The van der Waals surface area contributed by atoms with Crippen molar-refractivity contribution in [3.8, 4) is 5.75 Å². The van der Waals surface area contributed by atoms with Crippen LogP contribution in [0.4, 0.5) is 5.82 Å². The van der Waals surface area contributed by atoms with Gasteiger partial charge in [0.25, 0.3) is 0 Å². The Kier molecular flexibility index (Phi) is 4.66. The van der Waals surface area contributed by atoms with Crippen LogP contribution in [0.1, 0.15) is 35.6 Å². The standard InChI is InChI=1S/C20H23N5O2/c1-14-19-16(12-18(26)22-20(19)24(2)23-14)15-6-3-4-7-17(15)27-11-5-9-25-10-8-21-13-25/h3-4,6-8,10,13,16H,5,9,11-12H2,1-2H3,(H,22,26). The molecule has 1 unspecified atom stereocenters. The maximum absolute atomic E-state index is 12.3. The van der Waals surface area contributed by atoms with Gasteiger partial charge in [-0.25, -0.2) is 4.98 Å². The predicted molar refractivity (Wildman–Crippen MR) is 102 cm³/mol. The van der Waals surface area contributed by atoms with E-state index in [2.05, 4.69) is 15.4 Å². The van der Waals surface area contributed by atoms with E-state index >= 15 is 0 Å². The maximum Gasteiger partial charge on any atom is 0.226 e. The molecule has 0 saturated heterocycles. The van der Waals surface area contributed by atoms with Crippen LogP contribution in [-0.2, 0) is 18.4 Å². The van der Waals surface area contributed by atoms with Crippen LogP contribution in [0.2, 0.25) is 0 Å². The lowest BCUT2D eigenvalue weighted by molar-refractivity contribution is -0.116. The molecule has 1 aliphatic rings. The summed E-state index contributed by atoms with van der Waals surface area (Å²) in [5.41, 5.74) is 3.05. The third-order valence-electron chi connectivity index (χ3n) is 4.94. The highest BCUT2D eigenvalue weighted by molar-refractivity contribution is 5.94. The lowest BCUT2D eigenvalue weighted by atomic mass is 9.85. The number of ether oxygens (including phenoxy) is 1. The SMILES string of the molecule is Cc1nn(C)c2c1C(c1ccccc1OCCCn1ccnc1)CC(=O)N2. The van der Waals surface area contributed by atoms with E-state index in [1.807, 2.05) is 49.0 Å². The minimum Gasteiger partial charge on any atom is -0.493 e. The van der Waals surface area contributed by atoms with E-state index in [0.717, 1.165) is 41.4 Å². The van der Waals surface area contributed by atoms with Gasteiger partial charge in [0.05, 0.1) is 18.6 Å². The van der Waals surface area contributed by atoms with Crippen molar-refractivity contribution in [3.63, 3.8) is 0 Å². The molecule has 0 saturated carbocycles. The Balaban J connectivity index is 1.55. The van der Waals surface area contributed by atoms with Crippen molar-refractivity contribution in [1.82, 2.24) is 19.3 Å². The second-order valence-corrected chi connectivity index (χ2v) is 6.82. The van der Waals surface area contributed by atoms with Crippen LogP contribution >= 0.6 is 0 Å². The van der Waals surface area contributed by atoms with Crippen molar-refractivity contribution in [3.05, 3.63) is 59.8 Å². The van der Waals surface area contributed by atoms with E-state index in [0.29, 0.717) is 13.0 Å². The number of anilines is 1. The van der Waals surface area contributed by atoms with Crippen LogP contribution in [0.25, 0.3) is 0 Å². The highest BCUT2D eigenvalue weighted by Gasteiger charge is 2.33. The maximum atomic E-state index is 12.3. The number of rotatable bonds is 6. The molecule has 2 aromatic heterocycles. The first kappa shape index (κ1) is 17.3. The fourth-order valence-electron chi connectivity index (χ4n) is 3.72. The summed E-state index contributed by atoms with van der Waals surface area (Å²) in [7, 11) is 1.85. The van der Waals surface area contributed by atoms with Crippen molar-refractivity contribution >= 4 is 11.7 Å². The molecule has 1 amide bonds. The van der Waals surface area contributed by atoms with Crippen molar-refractivity contribution in [2.24, 2.45) is 7.05 Å². The van der Waals surface area contributed by atoms with Gasteiger partial charge in [0, 0.05) is 49.5 Å². The normalized spacial score (nSPS) is 16.1. The number of imidazole rings is 1. The van der Waals surface area contributed by atoms with Crippen LogP contribution in [0.5, 0.6) is 5.75 Å². The second kappa shape index (κ2) is 7.26. The smallest absolute Gasteiger partial charge is 0.226 e. The van der Waals surface area contributed by atoms with E-state index < -0.39 is 0 Å². The third kappa shape index (κ3) is 3.45. The minimum atomic E-state index is -0.0488. The Hall–Kier alpha value is -3.09. The predicted octanol–water partition coefficient (Wildman–Crippen LogP) is 2.87. The largest absolute Gasteiger partial charge is 0.493 e. The van der Waals surface area contributed by atoms with Crippen molar-refractivity contribution < 1.29 is 9.53 Å². The molecule has 0 bridgehead atoms. The summed E-state index contributed by atoms with van der Waals surface area (Å²) < 4.78 is 9.87. The fourth-order valence-corrected chi connectivity index (χ4v) is 3.72. The molecule has 27 heavy (non-hydrogen) atoms. The van der Waals surface area contributed by atoms with Gasteiger partial charge in [-0.3, -0.25) is 9.48 Å². The van der Waals surface area contributed by atoms with Gasteiger partial charge in [-0.05, 0) is 19.4 Å². The molecular formula is C20H23N5O2. The molecule has 7 nitrogen and oxygen atoms in total. The number of hydrogen-bond acceptors (Lipinski definition) is 4. The molecule has 1 atom stereocenters. The van der Waals surface area contributed by atoms with E-state index in [9.17, 15) is 4.79 Å². The Bertz CT molecular complexity index is 945. The van der Waals surface area contributed by atoms with Crippen LogP contribution < -0.4 is 10.1 Å². The molecule has 1 aromatic carbocycles. The highest BCUT2D eigenvalue weighted by Crippen LogP contribution is 2.42. The number of carbonyl (C=O) groups is 1. The van der Waals surface area contributed by atoms with Crippen LogP contribution in [0.15, 0.2) is 43.0 Å². The zero-order chi connectivity index (χ0) is 18.8. The zero-order valence-electron chi connectivity index (χ0n) is 15.6. The lowest BCUT2D eigenvalue weighted by Gasteiger charge is -2.25. The summed E-state index contributed by atoms with van der Waals surface area (Å²) in [4.78, 5) is 16.3. The molecular weight excluding hydrogens is 342 g/mol. The second-order valence-electron chi connectivity index (χ2n) is 6.82. The number of aryl methyl sites for hydroxylation is 3. The Morgan fingerprint density at radius 1 is 1.33 bits per heavy atom. The number of nitrogens with one attached hydrogen (secondary N) is 1. The Labute approximate surface area is 158 Å². The summed E-state index contributed by atoms with van der Waals surface area (Å²) in [6.07, 6.45) is 6.81. The summed E-state index contributed by atoms with van der Waals surface area (Å²) in [5.74, 6) is 1.57. The number of carbonyl (C=O) groups excluding carboxylic acids is 1. The highest BCUT2D eigenvalue weighted by atomic mass is 16.5. The summed E-state index contributed by atoms with van der Waals surface area (Å²) in [6.45, 7) is 3.45. The molecule has 0 aliphatic carbocycles. The topological polar surface area (TPSA) is 74.0 Å². The molecule has 0 fully saturated rings. The van der Waals surface area contributed by atoms with Gasteiger partial charge in [-0.15, -0.1) is 0 Å². The van der Waals surface area contributed by atoms with Gasteiger partial charge >= 0.3 is 0 Å². The summed E-state index contributed by atoms with van der Waals surface area (Å²) in [5, 5.41) is 7.44. The van der Waals surface area contributed by atoms with Gasteiger partial charge in [0.2, 0.25) is 5.91 Å². The first-order valence-corrected chi connectivity index (χ1v) is 9.14. The van der Waals surface area contributed by atoms with E-state index in [1.54, 1.807) is 17.2 Å². The Morgan fingerprint density at radius 3 is 3.00 bits per heavy atom. The number of nitrogens with zero attached hydrogens (tertiary/aromatic N) is 4. The molecule has 3 aromatic rings. The number of aromatic nitrogens is 4. The third-order valence-corrected chi connectivity index (χ3v) is 4.94. The van der Waals surface area contributed by atoms with Crippen molar-refractivity contribution in [2.45, 2.75) is 32.2 Å². The first-order chi connectivity index (χ1) is 13.1.